The summed E-state index contributed by atoms with van der Waals surface area (Å²) in [5.41, 5.74) is 5.70. The number of piperidine rings is 1. The van der Waals surface area contributed by atoms with Crippen LogP contribution in [0.2, 0.25) is 4.34 Å². The van der Waals surface area contributed by atoms with E-state index in [0.717, 1.165) is 35.5 Å². The third-order valence-electron chi connectivity index (χ3n) is 2.82. The highest BCUT2D eigenvalue weighted by Crippen LogP contribution is 2.22. The fourth-order valence-electron chi connectivity index (χ4n) is 2.04. The second-order valence-corrected chi connectivity index (χ2v) is 5.78. The van der Waals surface area contributed by atoms with E-state index in [9.17, 15) is 0 Å². The number of hydrogen-bond acceptors (Lipinski definition) is 4. The van der Waals surface area contributed by atoms with Crippen LogP contribution in [0.15, 0.2) is 6.20 Å². The number of thiazole rings is 1. The Hall–Kier alpha value is 0.130. The summed E-state index contributed by atoms with van der Waals surface area (Å²) >= 11 is 7.42. The van der Waals surface area contributed by atoms with Crippen LogP contribution in [0.5, 0.6) is 0 Å². The maximum Gasteiger partial charge on any atom is 0.113 e. The van der Waals surface area contributed by atoms with Crippen molar-refractivity contribution in [2.24, 2.45) is 11.7 Å². The highest BCUT2D eigenvalue weighted by molar-refractivity contribution is 7.15. The van der Waals surface area contributed by atoms with Gasteiger partial charge in [0.1, 0.15) is 9.34 Å². The molecule has 1 saturated heterocycles. The Labute approximate surface area is 111 Å². The van der Waals surface area contributed by atoms with Crippen molar-refractivity contribution in [1.82, 2.24) is 9.88 Å². The first kappa shape index (κ1) is 14.2. The zero-order valence-electron chi connectivity index (χ0n) is 9.06. The molecule has 0 bridgehead atoms. The van der Waals surface area contributed by atoms with Crippen molar-refractivity contribution in [2.45, 2.75) is 19.4 Å². The smallest absolute Gasteiger partial charge is 0.113 e. The van der Waals surface area contributed by atoms with Gasteiger partial charge >= 0.3 is 0 Å². The lowest BCUT2D eigenvalue weighted by molar-refractivity contribution is 0.171. The first-order valence-corrected chi connectivity index (χ1v) is 6.50. The lowest BCUT2D eigenvalue weighted by Gasteiger charge is -2.31. The molecule has 0 aromatic carbocycles. The molecule has 1 aromatic rings. The maximum atomic E-state index is 5.85. The minimum absolute atomic E-state index is 0. The molecule has 1 unspecified atom stereocenters. The van der Waals surface area contributed by atoms with Gasteiger partial charge in [0.15, 0.2) is 0 Å². The Morgan fingerprint density at radius 2 is 2.44 bits per heavy atom. The predicted octanol–water partition coefficient (Wildman–Crippen LogP) is 2.39. The molecule has 16 heavy (non-hydrogen) atoms. The van der Waals surface area contributed by atoms with E-state index in [1.807, 2.05) is 0 Å². The van der Waals surface area contributed by atoms with Crippen molar-refractivity contribution in [2.75, 3.05) is 19.6 Å². The van der Waals surface area contributed by atoms with Gasteiger partial charge < -0.3 is 5.73 Å². The summed E-state index contributed by atoms with van der Waals surface area (Å²) in [5, 5.41) is 1.11. The van der Waals surface area contributed by atoms with Crippen molar-refractivity contribution >= 4 is 35.3 Å². The van der Waals surface area contributed by atoms with Gasteiger partial charge in [0.05, 0.1) is 12.7 Å². The predicted molar refractivity (Wildman–Crippen MR) is 71.4 cm³/mol. The van der Waals surface area contributed by atoms with Crippen LogP contribution in [0.4, 0.5) is 0 Å². The van der Waals surface area contributed by atoms with Gasteiger partial charge in [-0.15, -0.1) is 23.7 Å². The average Bonchev–Trinajstić information content (AvgIpc) is 2.64. The summed E-state index contributed by atoms with van der Waals surface area (Å²) in [7, 11) is 0. The highest BCUT2D eigenvalue weighted by atomic mass is 35.5. The first-order valence-electron chi connectivity index (χ1n) is 5.30. The zero-order valence-corrected chi connectivity index (χ0v) is 11.5. The van der Waals surface area contributed by atoms with Crippen LogP contribution < -0.4 is 5.73 Å². The average molecular weight is 282 g/mol. The van der Waals surface area contributed by atoms with Crippen molar-refractivity contribution in [3.8, 4) is 0 Å². The fourth-order valence-corrected chi connectivity index (χ4v) is 3.04. The van der Waals surface area contributed by atoms with E-state index in [2.05, 4.69) is 9.88 Å². The van der Waals surface area contributed by atoms with E-state index < -0.39 is 0 Å². The van der Waals surface area contributed by atoms with Crippen molar-refractivity contribution in [3.63, 3.8) is 0 Å². The summed E-state index contributed by atoms with van der Waals surface area (Å²) in [5.74, 6) is 0.661. The summed E-state index contributed by atoms with van der Waals surface area (Å²) in [6, 6.07) is 0. The van der Waals surface area contributed by atoms with Crippen LogP contribution in [-0.2, 0) is 6.54 Å². The highest BCUT2D eigenvalue weighted by Gasteiger charge is 2.19. The molecule has 0 aliphatic carbocycles. The third kappa shape index (κ3) is 3.86. The summed E-state index contributed by atoms with van der Waals surface area (Å²) in [6.45, 7) is 3.99. The van der Waals surface area contributed by atoms with Crippen molar-refractivity contribution in [1.29, 1.82) is 0 Å². The van der Waals surface area contributed by atoms with Crippen molar-refractivity contribution in [3.05, 3.63) is 15.5 Å². The summed E-state index contributed by atoms with van der Waals surface area (Å²) < 4.78 is 0.775. The number of nitrogens with zero attached hydrogens (tertiary/aromatic N) is 2. The molecule has 0 amide bonds. The molecule has 2 heterocycles. The van der Waals surface area contributed by atoms with E-state index in [4.69, 9.17) is 17.3 Å². The molecule has 2 N–H and O–H groups in total. The van der Waals surface area contributed by atoms with Crippen LogP contribution in [0.3, 0.4) is 0 Å². The molecule has 1 aliphatic heterocycles. The van der Waals surface area contributed by atoms with E-state index in [1.54, 1.807) is 17.5 Å². The molecule has 6 heteroatoms. The summed E-state index contributed by atoms with van der Waals surface area (Å²) in [6.07, 6.45) is 4.25. The second-order valence-electron chi connectivity index (χ2n) is 4.04. The third-order valence-corrected chi connectivity index (χ3v) is 3.92. The SMILES string of the molecule is Cl.NCC1CCCN(Cc2ncc(Cl)s2)C1. The van der Waals surface area contributed by atoms with E-state index in [1.165, 1.54) is 12.8 Å². The number of hydrogen-bond donors (Lipinski definition) is 1. The van der Waals surface area contributed by atoms with Gasteiger partial charge in [0, 0.05) is 6.54 Å². The van der Waals surface area contributed by atoms with Gasteiger partial charge in [0.25, 0.3) is 0 Å². The van der Waals surface area contributed by atoms with E-state index in [0.29, 0.717) is 5.92 Å². The standard InChI is InChI=1S/C10H16ClN3S.ClH/c11-9-5-13-10(15-9)7-14-3-1-2-8(4-12)6-14;/h5,8H,1-4,6-7,12H2;1H. The molecule has 92 valence electrons. The van der Waals surface area contributed by atoms with Crippen LogP contribution >= 0.6 is 35.3 Å². The Morgan fingerprint density at radius 1 is 1.62 bits per heavy atom. The van der Waals surface area contributed by atoms with Crippen LogP contribution in [0, 0.1) is 5.92 Å². The lowest BCUT2D eigenvalue weighted by atomic mass is 9.98. The number of halogens is 2. The van der Waals surface area contributed by atoms with Gasteiger partial charge in [-0.3, -0.25) is 4.90 Å². The molecule has 3 nitrogen and oxygen atoms in total. The first-order chi connectivity index (χ1) is 7.28. The largest absolute Gasteiger partial charge is 0.330 e. The maximum absolute atomic E-state index is 5.85. The zero-order chi connectivity index (χ0) is 10.7. The molecule has 2 rings (SSSR count). The molecular formula is C10H17Cl2N3S. The van der Waals surface area contributed by atoms with Gasteiger partial charge in [-0.1, -0.05) is 11.6 Å². The van der Waals surface area contributed by atoms with Crippen LogP contribution in [-0.4, -0.2) is 29.5 Å². The minimum atomic E-state index is 0. The molecule has 1 aromatic heterocycles. The second kappa shape index (κ2) is 6.77. The molecule has 0 spiro atoms. The Morgan fingerprint density at radius 3 is 3.06 bits per heavy atom. The van der Waals surface area contributed by atoms with Gasteiger partial charge in [-0.05, 0) is 31.8 Å². The fraction of sp³-hybridized carbons (Fsp3) is 0.700. The van der Waals surface area contributed by atoms with Gasteiger partial charge in [-0.25, -0.2) is 4.98 Å². The monoisotopic (exact) mass is 281 g/mol. The number of aromatic nitrogens is 1. The molecule has 0 radical (unpaired) electrons. The number of rotatable bonds is 3. The van der Waals surface area contributed by atoms with Crippen LogP contribution in [0.1, 0.15) is 17.8 Å². The molecule has 0 saturated carbocycles. The topological polar surface area (TPSA) is 42.1 Å². The quantitative estimate of drug-likeness (QED) is 0.925. The normalized spacial score (nSPS) is 21.8. The lowest BCUT2D eigenvalue weighted by Crippen LogP contribution is -2.37. The molecular weight excluding hydrogens is 265 g/mol. The minimum Gasteiger partial charge on any atom is -0.330 e. The Kier molecular flexibility index (Phi) is 6.00. The molecule has 1 aliphatic rings. The number of nitrogens with two attached hydrogens (primary N) is 1. The van der Waals surface area contributed by atoms with Gasteiger partial charge in [0.2, 0.25) is 0 Å². The van der Waals surface area contributed by atoms with E-state index in [-0.39, 0.29) is 12.4 Å². The molecule has 1 atom stereocenters. The van der Waals surface area contributed by atoms with Crippen molar-refractivity contribution < 1.29 is 0 Å². The Balaban J connectivity index is 0.00000128. The summed E-state index contributed by atoms with van der Waals surface area (Å²) in [4.78, 5) is 6.70. The number of likely N-dealkylation sites (tertiary alicyclic amines) is 1. The molecule has 1 fully saturated rings. The Bertz CT molecular complexity index is 319. The van der Waals surface area contributed by atoms with Crippen LogP contribution in [0.25, 0.3) is 0 Å². The van der Waals surface area contributed by atoms with Gasteiger partial charge in [-0.2, -0.15) is 0 Å². The van der Waals surface area contributed by atoms with E-state index >= 15 is 0 Å².